The Kier molecular flexibility index (Phi) is 5.40. The van der Waals surface area contributed by atoms with E-state index in [1.165, 1.54) is 44.5 Å². The summed E-state index contributed by atoms with van der Waals surface area (Å²) in [6.07, 6.45) is 3.02. The first-order valence-electron chi connectivity index (χ1n) is 11.6. The van der Waals surface area contributed by atoms with Crippen molar-refractivity contribution in [3.63, 3.8) is 0 Å². The molecule has 0 unspecified atom stereocenters. The first-order valence-corrected chi connectivity index (χ1v) is 12.6. The maximum absolute atomic E-state index is 5.21. The summed E-state index contributed by atoms with van der Waals surface area (Å²) in [6.45, 7) is 13.4. The van der Waals surface area contributed by atoms with E-state index in [9.17, 15) is 0 Å². The molecule has 0 saturated carbocycles. The van der Waals surface area contributed by atoms with Crippen LogP contribution in [0.5, 0.6) is 0 Å². The number of hydrogen-bond donors (Lipinski definition) is 0. The summed E-state index contributed by atoms with van der Waals surface area (Å²) in [5, 5.41) is 1.19. The summed E-state index contributed by atoms with van der Waals surface area (Å²) in [4.78, 5) is 12.5. The van der Waals surface area contributed by atoms with Crippen LogP contribution < -0.4 is 0 Å². The highest BCUT2D eigenvalue weighted by molar-refractivity contribution is 8.14. The summed E-state index contributed by atoms with van der Waals surface area (Å²) in [7, 11) is 0. The van der Waals surface area contributed by atoms with Gasteiger partial charge in [0.1, 0.15) is 6.04 Å². The van der Waals surface area contributed by atoms with E-state index < -0.39 is 0 Å². The standard InChI is InChI=1S/C27H32N4S/c1-7-21-15-32-27-29-24(23-10-8-9-11-28-23)26(31(21)27)22-14-19(5)30(20(22)6)25-17(3)12-16(2)13-18(25)4/h8-14,21,24,26H,7,15H2,1-6H3/t21-,24-,26+/m0/s1. The van der Waals surface area contributed by atoms with Crippen molar-refractivity contribution in [1.29, 1.82) is 0 Å². The number of amidine groups is 1. The third-order valence-corrected chi connectivity index (χ3v) is 8.10. The van der Waals surface area contributed by atoms with Gasteiger partial charge in [0.25, 0.3) is 0 Å². The molecule has 4 heterocycles. The molecule has 166 valence electrons. The van der Waals surface area contributed by atoms with Gasteiger partial charge in [0.15, 0.2) is 5.17 Å². The number of thioether (sulfide) groups is 1. The highest BCUT2D eigenvalue weighted by Gasteiger charge is 2.46. The molecule has 0 N–H and O–H groups in total. The lowest BCUT2D eigenvalue weighted by Crippen LogP contribution is -2.35. The number of rotatable bonds is 4. The molecule has 3 aromatic rings. The molecule has 0 bridgehead atoms. The summed E-state index contributed by atoms with van der Waals surface area (Å²) >= 11 is 1.90. The van der Waals surface area contributed by atoms with Gasteiger partial charge >= 0.3 is 0 Å². The zero-order chi connectivity index (χ0) is 22.6. The smallest absolute Gasteiger partial charge is 0.160 e. The molecule has 1 fully saturated rings. The molecule has 32 heavy (non-hydrogen) atoms. The van der Waals surface area contributed by atoms with Crippen molar-refractivity contribution in [2.75, 3.05) is 5.75 Å². The van der Waals surface area contributed by atoms with Crippen LogP contribution >= 0.6 is 11.8 Å². The number of aryl methyl sites for hydroxylation is 4. The van der Waals surface area contributed by atoms with Crippen LogP contribution in [-0.2, 0) is 0 Å². The summed E-state index contributed by atoms with van der Waals surface area (Å²) < 4.78 is 2.46. The van der Waals surface area contributed by atoms with Crippen molar-refractivity contribution in [1.82, 2.24) is 14.5 Å². The van der Waals surface area contributed by atoms with Crippen LogP contribution in [0.1, 0.15) is 64.8 Å². The number of fused-ring (bicyclic) bond motifs is 1. The number of pyridine rings is 1. The molecule has 3 atom stereocenters. The lowest BCUT2D eigenvalue weighted by atomic mass is 9.95. The highest BCUT2D eigenvalue weighted by Crippen LogP contribution is 2.50. The Balaban J connectivity index is 1.67. The number of nitrogens with zero attached hydrogens (tertiary/aromatic N) is 4. The van der Waals surface area contributed by atoms with Gasteiger partial charge in [0.05, 0.1) is 17.4 Å². The van der Waals surface area contributed by atoms with E-state index in [1.54, 1.807) is 0 Å². The molecule has 1 saturated heterocycles. The third-order valence-electron chi connectivity index (χ3n) is 6.98. The topological polar surface area (TPSA) is 33.4 Å². The van der Waals surface area contributed by atoms with Gasteiger partial charge in [0.2, 0.25) is 0 Å². The second-order valence-corrected chi connectivity index (χ2v) is 10.2. The van der Waals surface area contributed by atoms with Gasteiger partial charge in [-0.2, -0.15) is 0 Å². The largest absolute Gasteiger partial charge is 0.338 e. The van der Waals surface area contributed by atoms with Gasteiger partial charge in [-0.05, 0) is 75.9 Å². The van der Waals surface area contributed by atoms with E-state index in [-0.39, 0.29) is 12.1 Å². The Bertz CT molecular complexity index is 1170. The van der Waals surface area contributed by atoms with Gasteiger partial charge in [0, 0.05) is 29.4 Å². The minimum atomic E-state index is 0.0298. The maximum atomic E-state index is 5.21. The van der Waals surface area contributed by atoms with Crippen LogP contribution in [0.15, 0.2) is 47.6 Å². The van der Waals surface area contributed by atoms with E-state index >= 15 is 0 Å². The molecule has 2 aliphatic heterocycles. The molecule has 5 heteroatoms. The molecule has 4 nitrogen and oxygen atoms in total. The van der Waals surface area contributed by atoms with Gasteiger partial charge in [-0.1, -0.05) is 42.4 Å². The van der Waals surface area contributed by atoms with Crippen molar-refractivity contribution in [3.05, 3.63) is 81.9 Å². The minimum absolute atomic E-state index is 0.0298. The fourth-order valence-electron chi connectivity index (χ4n) is 5.64. The molecule has 2 aromatic heterocycles. The summed E-state index contributed by atoms with van der Waals surface area (Å²) in [5.41, 5.74) is 10.3. The molecular formula is C27H32N4S. The molecule has 0 amide bonds. The van der Waals surface area contributed by atoms with Gasteiger partial charge in [-0.15, -0.1) is 0 Å². The van der Waals surface area contributed by atoms with Crippen LogP contribution in [-0.4, -0.2) is 31.4 Å². The second kappa shape index (κ2) is 8.11. The van der Waals surface area contributed by atoms with Gasteiger partial charge in [-0.25, -0.2) is 0 Å². The van der Waals surface area contributed by atoms with E-state index in [0.29, 0.717) is 6.04 Å². The molecule has 5 rings (SSSR count). The van der Waals surface area contributed by atoms with Crippen molar-refractivity contribution in [2.24, 2.45) is 4.99 Å². The van der Waals surface area contributed by atoms with E-state index in [4.69, 9.17) is 9.98 Å². The lowest BCUT2D eigenvalue weighted by molar-refractivity contribution is 0.254. The van der Waals surface area contributed by atoms with Crippen LogP contribution in [0.25, 0.3) is 5.69 Å². The second-order valence-electron chi connectivity index (χ2n) is 9.25. The van der Waals surface area contributed by atoms with Crippen molar-refractivity contribution in [3.8, 4) is 5.69 Å². The fourth-order valence-corrected chi connectivity index (χ4v) is 6.98. The Morgan fingerprint density at radius 3 is 2.44 bits per heavy atom. The first kappa shape index (κ1) is 21.3. The predicted molar refractivity (Wildman–Crippen MR) is 135 cm³/mol. The Morgan fingerprint density at radius 1 is 1.03 bits per heavy atom. The quantitative estimate of drug-likeness (QED) is 0.467. The highest BCUT2D eigenvalue weighted by atomic mass is 32.2. The van der Waals surface area contributed by atoms with Crippen LogP contribution in [0.4, 0.5) is 0 Å². The van der Waals surface area contributed by atoms with E-state index in [1.807, 2.05) is 24.0 Å². The minimum Gasteiger partial charge on any atom is -0.338 e. The van der Waals surface area contributed by atoms with Crippen molar-refractivity contribution in [2.45, 2.75) is 66.1 Å². The van der Waals surface area contributed by atoms with Crippen LogP contribution in [0.2, 0.25) is 0 Å². The zero-order valence-corrected chi connectivity index (χ0v) is 20.7. The normalized spacial score (nSPS) is 22.4. The molecule has 0 radical (unpaired) electrons. The first-order chi connectivity index (χ1) is 15.4. The lowest BCUT2D eigenvalue weighted by Gasteiger charge is -2.32. The predicted octanol–water partition coefficient (Wildman–Crippen LogP) is 6.39. The molecule has 2 aliphatic rings. The number of aliphatic imine (C=N–C) groups is 1. The number of benzene rings is 1. The van der Waals surface area contributed by atoms with Gasteiger partial charge < -0.3 is 9.47 Å². The molecule has 1 aromatic carbocycles. The van der Waals surface area contributed by atoms with E-state index in [0.717, 1.165) is 17.9 Å². The summed E-state index contributed by atoms with van der Waals surface area (Å²) in [5.74, 6) is 1.12. The molecule has 0 aliphatic carbocycles. The monoisotopic (exact) mass is 444 g/mol. The van der Waals surface area contributed by atoms with Crippen molar-refractivity contribution < 1.29 is 0 Å². The number of hydrogen-bond acceptors (Lipinski definition) is 4. The number of aromatic nitrogens is 2. The fraction of sp³-hybridized carbons (Fsp3) is 0.407. The molecule has 0 spiro atoms. The average molecular weight is 445 g/mol. The van der Waals surface area contributed by atoms with Crippen LogP contribution in [0, 0.1) is 34.6 Å². The van der Waals surface area contributed by atoms with E-state index in [2.05, 4.69) is 81.3 Å². The SMILES string of the molecule is CC[C@H]1CSC2=N[C@@H](c3ccccn3)[C@@H](c3cc(C)n(-c4c(C)cc(C)cc4C)c3C)N21. The Labute approximate surface area is 195 Å². The Morgan fingerprint density at radius 2 is 1.78 bits per heavy atom. The van der Waals surface area contributed by atoms with Gasteiger partial charge in [-0.3, -0.25) is 9.98 Å². The zero-order valence-electron chi connectivity index (χ0n) is 19.9. The maximum Gasteiger partial charge on any atom is 0.160 e. The van der Waals surface area contributed by atoms with Crippen LogP contribution in [0.3, 0.4) is 0 Å². The third kappa shape index (κ3) is 3.29. The molecular weight excluding hydrogens is 412 g/mol. The van der Waals surface area contributed by atoms with Crippen molar-refractivity contribution >= 4 is 16.9 Å². The summed E-state index contributed by atoms with van der Waals surface area (Å²) in [6, 6.07) is 13.9. The average Bonchev–Trinajstić information content (AvgIpc) is 3.41. The Hall–Kier alpha value is -2.53.